The Balaban J connectivity index is 1.79. The van der Waals surface area contributed by atoms with E-state index in [0.717, 1.165) is 11.3 Å². The minimum atomic E-state index is -3.21. The van der Waals surface area contributed by atoms with Crippen LogP contribution in [-0.4, -0.2) is 60.5 Å². The van der Waals surface area contributed by atoms with E-state index in [1.54, 1.807) is 4.90 Å². The molecule has 0 saturated carbocycles. The third-order valence-corrected chi connectivity index (χ3v) is 5.92. The van der Waals surface area contributed by atoms with Crippen molar-refractivity contribution >= 4 is 15.9 Å². The average Bonchev–Trinajstić information content (AvgIpc) is 2.80. The van der Waals surface area contributed by atoms with Crippen molar-refractivity contribution in [1.29, 1.82) is 0 Å². The Labute approximate surface area is 148 Å². The van der Waals surface area contributed by atoms with Crippen molar-refractivity contribution in [3.63, 3.8) is 0 Å². The predicted molar refractivity (Wildman–Crippen MR) is 97.8 cm³/mol. The minimum Gasteiger partial charge on any atom is -0.340 e. The van der Waals surface area contributed by atoms with Crippen molar-refractivity contribution in [2.24, 2.45) is 7.05 Å². The smallest absolute Gasteiger partial charge is 0.270 e. The molecule has 2 heterocycles. The van der Waals surface area contributed by atoms with Crippen LogP contribution in [0.5, 0.6) is 0 Å². The van der Waals surface area contributed by atoms with E-state index in [0.29, 0.717) is 38.3 Å². The lowest BCUT2D eigenvalue weighted by Gasteiger charge is -2.21. The van der Waals surface area contributed by atoms with E-state index in [9.17, 15) is 13.2 Å². The highest BCUT2D eigenvalue weighted by atomic mass is 32.2. The highest BCUT2D eigenvalue weighted by Gasteiger charge is 2.26. The van der Waals surface area contributed by atoms with Crippen molar-refractivity contribution < 1.29 is 13.2 Å². The number of rotatable bonds is 3. The molecule has 134 valence electrons. The maximum Gasteiger partial charge on any atom is 0.270 e. The van der Waals surface area contributed by atoms with Gasteiger partial charge in [-0.05, 0) is 24.1 Å². The molecule has 1 saturated heterocycles. The lowest BCUT2D eigenvalue weighted by Crippen LogP contribution is -2.37. The van der Waals surface area contributed by atoms with Gasteiger partial charge in [0, 0.05) is 38.9 Å². The normalized spacial score (nSPS) is 16.6. The van der Waals surface area contributed by atoms with Gasteiger partial charge in [-0.1, -0.05) is 30.3 Å². The van der Waals surface area contributed by atoms with Gasteiger partial charge in [-0.15, -0.1) is 0 Å². The van der Waals surface area contributed by atoms with Crippen LogP contribution in [0.1, 0.15) is 16.9 Å². The molecule has 0 unspecified atom stereocenters. The van der Waals surface area contributed by atoms with Gasteiger partial charge in [0.1, 0.15) is 5.69 Å². The summed E-state index contributed by atoms with van der Waals surface area (Å²) in [6.07, 6.45) is 1.86. The van der Waals surface area contributed by atoms with E-state index in [1.165, 1.54) is 10.6 Å². The number of sulfonamides is 1. The van der Waals surface area contributed by atoms with Crippen LogP contribution in [0.25, 0.3) is 11.3 Å². The number of benzene rings is 1. The van der Waals surface area contributed by atoms with Crippen LogP contribution in [0, 0.1) is 0 Å². The fraction of sp³-hybridized carbons (Fsp3) is 0.389. The van der Waals surface area contributed by atoms with E-state index in [2.05, 4.69) is 0 Å². The molecule has 25 heavy (non-hydrogen) atoms. The van der Waals surface area contributed by atoms with E-state index in [1.807, 2.05) is 54.1 Å². The number of hydrogen-bond donors (Lipinski definition) is 0. The fourth-order valence-corrected chi connectivity index (χ4v) is 4.09. The Kier molecular flexibility index (Phi) is 4.96. The van der Waals surface area contributed by atoms with Gasteiger partial charge in [-0.3, -0.25) is 4.79 Å². The van der Waals surface area contributed by atoms with Gasteiger partial charge in [0.2, 0.25) is 10.0 Å². The van der Waals surface area contributed by atoms with Crippen molar-refractivity contribution in [3.8, 4) is 11.3 Å². The molecule has 0 aliphatic carbocycles. The highest BCUT2D eigenvalue weighted by Crippen LogP contribution is 2.22. The van der Waals surface area contributed by atoms with Gasteiger partial charge in [0.25, 0.3) is 5.91 Å². The first-order valence-electron chi connectivity index (χ1n) is 8.33. The standard InChI is InChI=1S/C18H23N3O3S/c1-19-16(15-7-4-3-5-8-15)9-10-17(19)18(22)20-11-6-12-21(14-13-20)25(2,23)24/h3-5,7-10H,6,11-14H2,1-2H3. The second kappa shape index (κ2) is 7.01. The van der Waals surface area contributed by atoms with Gasteiger partial charge in [0.15, 0.2) is 0 Å². The predicted octanol–water partition coefficient (Wildman–Crippen LogP) is 1.80. The summed E-state index contributed by atoms with van der Waals surface area (Å²) in [5.41, 5.74) is 2.66. The molecule has 1 aliphatic heterocycles. The zero-order valence-electron chi connectivity index (χ0n) is 14.6. The molecule has 1 aromatic carbocycles. The maximum atomic E-state index is 12.9. The molecule has 7 heteroatoms. The Morgan fingerprint density at radius 3 is 2.36 bits per heavy atom. The van der Waals surface area contributed by atoms with Gasteiger partial charge >= 0.3 is 0 Å². The second-order valence-electron chi connectivity index (χ2n) is 6.34. The SMILES string of the molecule is Cn1c(C(=O)N2CCCN(S(C)(=O)=O)CC2)ccc1-c1ccccc1. The molecule has 0 atom stereocenters. The molecule has 1 amide bonds. The maximum absolute atomic E-state index is 12.9. The second-order valence-corrected chi connectivity index (χ2v) is 8.32. The Morgan fingerprint density at radius 2 is 1.68 bits per heavy atom. The minimum absolute atomic E-state index is 0.0555. The summed E-state index contributed by atoms with van der Waals surface area (Å²) in [5.74, 6) is -0.0555. The van der Waals surface area contributed by atoms with Gasteiger partial charge < -0.3 is 9.47 Å². The van der Waals surface area contributed by atoms with Gasteiger partial charge in [-0.2, -0.15) is 0 Å². The van der Waals surface area contributed by atoms with E-state index >= 15 is 0 Å². The first-order valence-corrected chi connectivity index (χ1v) is 10.2. The first-order chi connectivity index (χ1) is 11.9. The number of amides is 1. The first kappa shape index (κ1) is 17.7. The molecular formula is C18H23N3O3S. The van der Waals surface area contributed by atoms with Crippen LogP contribution in [0.15, 0.2) is 42.5 Å². The number of hydrogen-bond acceptors (Lipinski definition) is 3. The number of nitrogens with zero attached hydrogens (tertiary/aromatic N) is 3. The molecule has 1 aliphatic rings. The number of aromatic nitrogens is 1. The van der Waals surface area contributed by atoms with Gasteiger partial charge in [0.05, 0.1) is 6.26 Å². The molecule has 2 aromatic rings. The summed E-state index contributed by atoms with van der Waals surface area (Å²) in [6.45, 7) is 1.79. The number of carbonyl (C=O) groups is 1. The molecule has 0 N–H and O–H groups in total. The van der Waals surface area contributed by atoms with Crippen LogP contribution >= 0.6 is 0 Å². The van der Waals surface area contributed by atoms with Crippen LogP contribution in [0.4, 0.5) is 0 Å². The third-order valence-electron chi connectivity index (χ3n) is 4.62. The monoisotopic (exact) mass is 361 g/mol. The molecule has 0 radical (unpaired) electrons. The third kappa shape index (κ3) is 3.77. The molecular weight excluding hydrogens is 338 g/mol. The van der Waals surface area contributed by atoms with E-state index in [-0.39, 0.29) is 5.91 Å². The summed E-state index contributed by atoms with van der Waals surface area (Å²) in [6, 6.07) is 13.7. The molecule has 3 rings (SSSR count). The molecule has 6 nitrogen and oxygen atoms in total. The Bertz CT molecular complexity index is 859. The molecule has 0 spiro atoms. The average molecular weight is 361 g/mol. The van der Waals surface area contributed by atoms with E-state index < -0.39 is 10.0 Å². The van der Waals surface area contributed by atoms with Crippen LogP contribution < -0.4 is 0 Å². The summed E-state index contributed by atoms with van der Waals surface area (Å²) in [7, 11) is -1.33. The largest absolute Gasteiger partial charge is 0.340 e. The topological polar surface area (TPSA) is 62.6 Å². The van der Waals surface area contributed by atoms with E-state index in [4.69, 9.17) is 0 Å². The van der Waals surface area contributed by atoms with Crippen molar-refractivity contribution in [2.75, 3.05) is 32.4 Å². The summed E-state index contributed by atoms with van der Waals surface area (Å²) in [4.78, 5) is 14.7. The zero-order valence-corrected chi connectivity index (χ0v) is 15.4. The summed E-state index contributed by atoms with van der Waals surface area (Å²) < 4.78 is 26.8. The quantitative estimate of drug-likeness (QED) is 0.837. The Morgan fingerprint density at radius 1 is 0.960 bits per heavy atom. The van der Waals surface area contributed by atoms with Crippen LogP contribution in [0.2, 0.25) is 0 Å². The Hall–Kier alpha value is -2.12. The fourth-order valence-electron chi connectivity index (χ4n) is 3.22. The summed E-state index contributed by atoms with van der Waals surface area (Å²) >= 11 is 0. The molecule has 0 bridgehead atoms. The van der Waals surface area contributed by atoms with Crippen molar-refractivity contribution in [3.05, 3.63) is 48.2 Å². The van der Waals surface area contributed by atoms with Crippen LogP contribution in [-0.2, 0) is 17.1 Å². The molecule has 1 fully saturated rings. The zero-order chi connectivity index (χ0) is 18.0. The highest BCUT2D eigenvalue weighted by molar-refractivity contribution is 7.88. The number of carbonyl (C=O) groups excluding carboxylic acids is 1. The van der Waals surface area contributed by atoms with Gasteiger partial charge in [-0.25, -0.2) is 12.7 Å². The van der Waals surface area contributed by atoms with Crippen molar-refractivity contribution in [2.45, 2.75) is 6.42 Å². The lowest BCUT2D eigenvalue weighted by atomic mass is 10.2. The summed E-state index contributed by atoms with van der Waals surface area (Å²) in [5, 5.41) is 0. The molecule has 1 aromatic heterocycles. The lowest BCUT2D eigenvalue weighted by molar-refractivity contribution is 0.0755. The van der Waals surface area contributed by atoms with Crippen molar-refractivity contribution in [1.82, 2.24) is 13.8 Å². The van der Waals surface area contributed by atoms with Crippen LogP contribution in [0.3, 0.4) is 0 Å².